The van der Waals surface area contributed by atoms with Crippen LogP contribution in [0.2, 0.25) is 0 Å². The third kappa shape index (κ3) is 8.88. The van der Waals surface area contributed by atoms with Gasteiger partial charge in [0.05, 0.1) is 6.61 Å². The SMILES string of the molecule is C#CCCCCCCCCCC(=O)OCC1O[C@H](O[C@H]2OC(CO)[C@@H](O)C(O)[C@H]2O)C(O)[C@@H](O)[C@@H]1O. The van der Waals surface area contributed by atoms with E-state index in [2.05, 4.69) is 5.92 Å². The number of rotatable bonds is 14. The van der Waals surface area contributed by atoms with Crippen LogP contribution in [0.1, 0.15) is 57.8 Å². The van der Waals surface area contributed by atoms with E-state index >= 15 is 0 Å². The van der Waals surface area contributed by atoms with Crippen molar-refractivity contribution in [2.24, 2.45) is 0 Å². The van der Waals surface area contributed by atoms with Crippen LogP contribution in [0.5, 0.6) is 0 Å². The Morgan fingerprint density at radius 3 is 1.78 bits per heavy atom. The van der Waals surface area contributed by atoms with Crippen LogP contribution in [0.15, 0.2) is 0 Å². The molecule has 0 aromatic heterocycles. The number of hydrogen-bond acceptors (Lipinski definition) is 12. The maximum absolute atomic E-state index is 12.1. The molecule has 208 valence electrons. The molecule has 12 nitrogen and oxygen atoms in total. The second kappa shape index (κ2) is 15.8. The third-order valence-corrected chi connectivity index (χ3v) is 6.40. The van der Waals surface area contributed by atoms with Crippen molar-refractivity contribution < 1.29 is 59.5 Å². The molecule has 2 aliphatic heterocycles. The molecule has 10 atom stereocenters. The number of carbonyl (C=O) groups is 1. The Bertz CT molecular complexity index is 682. The van der Waals surface area contributed by atoms with Crippen molar-refractivity contribution in [3.05, 3.63) is 0 Å². The molecule has 0 aliphatic carbocycles. The monoisotopic (exact) mass is 520 g/mol. The van der Waals surface area contributed by atoms with Crippen LogP contribution < -0.4 is 0 Å². The van der Waals surface area contributed by atoms with Crippen LogP contribution in [0.3, 0.4) is 0 Å². The lowest BCUT2D eigenvalue weighted by molar-refractivity contribution is -0.376. The molecular weight excluding hydrogens is 480 g/mol. The van der Waals surface area contributed by atoms with Crippen LogP contribution in [-0.4, -0.2) is 116 Å². The van der Waals surface area contributed by atoms with Crippen LogP contribution in [0.4, 0.5) is 0 Å². The van der Waals surface area contributed by atoms with Gasteiger partial charge in [-0.15, -0.1) is 12.3 Å². The van der Waals surface area contributed by atoms with Crippen molar-refractivity contribution in [2.45, 2.75) is 119 Å². The molecule has 36 heavy (non-hydrogen) atoms. The predicted octanol–water partition coefficient (Wildman–Crippen LogP) is -1.70. The molecule has 0 amide bonds. The molecule has 7 N–H and O–H groups in total. The highest BCUT2D eigenvalue weighted by Crippen LogP contribution is 2.28. The quantitative estimate of drug-likeness (QED) is 0.0780. The number of aliphatic hydroxyl groups is 7. The first-order chi connectivity index (χ1) is 17.2. The first-order valence-corrected chi connectivity index (χ1v) is 12.5. The Morgan fingerprint density at radius 1 is 0.722 bits per heavy atom. The van der Waals surface area contributed by atoms with Gasteiger partial charge in [-0.05, 0) is 12.8 Å². The van der Waals surface area contributed by atoms with Crippen molar-refractivity contribution in [2.75, 3.05) is 13.2 Å². The molecule has 0 aromatic carbocycles. The summed E-state index contributed by atoms with van der Waals surface area (Å²) in [6.45, 7) is -1.11. The normalized spacial score (nSPS) is 36.8. The fourth-order valence-corrected chi connectivity index (χ4v) is 4.11. The molecule has 0 bridgehead atoms. The summed E-state index contributed by atoms with van der Waals surface area (Å²) in [7, 11) is 0. The molecule has 4 unspecified atom stereocenters. The zero-order valence-corrected chi connectivity index (χ0v) is 20.3. The zero-order chi connectivity index (χ0) is 26.7. The fraction of sp³-hybridized carbons (Fsp3) is 0.875. The standard InChI is InChI=1S/C24H40O12/c1-2-3-4-5-6-7-8-9-10-11-16(26)33-13-15-18(28)20(30)22(32)24(35-15)36-23-21(31)19(29)17(27)14(12-25)34-23/h1,14-15,17-25,27-32H,3-13H2/t14?,15?,17-,18-,19?,20+,21-,22?,23-,24-/m1/s1. The van der Waals surface area contributed by atoms with Gasteiger partial charge in [0.1, 0.15) is 55.4 Å². The van der Waals surface area contributed by atoms with Crippen molar-refractivity contribution in [3.63, 3.8) is 0 Å². The second-order valence-corrected chi connectivity index (χ2v) is 9.21. The van der Waals surface area contributed by atoms with E-state index in [4.69, 9.17) is 25.4 Å². The molecule has 0 aromatic rings. The first kappa shape index (κ1) is 30.9. The minimum atomic E-state index is -1.77. The van der Waals surface area contributed by atoms with Gasteiger partial charge in [-0.3, -0.25) is 4.79 Å². The van der Waals surface area contributed by atoms with E-state index in [9.17, 15) is 40.5 Å². The minimum Gasteiger partial charge on any atom is -0.463 e. The van der Waals surface area contributed by atoms with Crippen LogP contribution >= 0.6 is 0 Å². The third-order valence-electron chi connectivity index (χ3n) is 6.40. The van der Waals surface area contributed by atoms with E-state index in [0.29, 0.717) is 6.42 Å². The molecule has 12 heteroatoms. The van der Waals surface area contributed by atoms with Crippen molar-refractivity contribution in [3.8, 4) is 12.3 Å². The van der Waals surface area contributed by atoms with Crippen LogP contribution in [-0.2, 0) is 23.7 Å². The van der Waals surface area contributed by atoms with Gasteiger partial charge in [0.25, 0.3) is 0 Å². The van der Waals surface area contributed by atoms with Crippen molar-refractivity contribution in [1.82, 2.24) is 0 Å². The summed E-state index contributed by atoms with van der Waals surface area (Å²) in [6.07, 6.45) is -3.02. The van der Waals surface area contributed by atoms with E-state index in [-0.39, 0.29) is 6.42 Å². The summed E-state index contributed by atoms with van der Waals surface area (Å²) in [5.74, 6) is 2.11. The summed E-state index contributed by atoms with van der Waals surface area (Å²) in [4.78, 5) is 12.1. The average molecular weight is 521 g/mol. The van der Waals surface area contributed by atoms with Gasteiger partial charge in [0.15, 0.2) is 12.6 Å². The Morgan fingerprint density at radius 2 is 1.22 bits per heavy atom. The van der Waals surface area contributed by atoms with Crippen LogP contribution in [0.25, 0.3) is 0 Å². The number of terminal acetylenes is 1. The van der Waals surface area contributed by atoms with E-state index in [1.807, 2.05) is 0 Å². The maximum Gasteiger partial charge on any atom is 0.305 e. The van der Waals surface area contributed by atoms with Gasteiger partial charge >= 0.3 is 5.97 Å². The lowest BCUT2D eigenvalue weighted by Gasteiger charge is -2.44. The number of aliphatic hydroxyl groups excluding tert-OH is 7. The van der Waals surface area contributed by atoms with Crippen LogP contribution in [0, 0.1) is 12.3 Å². The lowest BCUT2D eigenvalue weighted by atomic mass is 9.98. The molecule has 0 saturated carbocycles. The predicted molar refractivity (Wildman–Crippen MR) is 123 cm³/mol. The van der Waals surface area contributed by atoms with Gasteiger partial charge in [0.2, 0.25) is 0 Å². The smallest absolute Gasteiger partial charge is 0.305 e. The Labute approximate surface area is 210 Å². The topological polar surface area (TPSA) is 196 Å². The number of unbranched alkanes of at least 4 members (excludes halogenated alkanes) is 7. The highest BCUT2D eigenvalue weighted by molar-refractivity contribution is 5.69. The first-order valence-electron chi connectivity index (χ1n) is 12.5. The Kier molecular flexibility index (Phi) is 13.5. The highest BCUT2D eigenvalue weighted by Gasteiger charge is 2.49. The summed E-state index contributed by atoms with van der Waals surface area (Å²) < 4.78 is 21.2. The zero-order valence-electron chi connectivity index (χ0n) is 20.3. The molecule has 2 heterocycles. The summed E-state index contributed by atoms with van der Waals surface area (Å²) in [5.41, 5.74) is 0. The summed E-state index contributed by atoms with van der Waals surface area (Å²) in [6, 6.07) is 0. The number of carbonyl (C=O) groups excluding carboxylic acids is 1. The number of ether oxygens (including phenoxy) is 4. The van der Waals surface area contributed by atoms with Gasteiger partial charge in [-0.1, -0.05) is 32.1 Å². The van der Waals surface area contributed by atoms with Gasteiger partial charge < -0.3 is 54.7 Å². The van der Waals surface area contributed by atoms with Gasteiger partial charge in [0, 0.05) is 12.8 Å². The minimum absolute atomic E-state index is 0.176. The van der Waals surface area contributed by atoms with Crippen molar-refractivity contribution in [1.29, 1.82) is 0 Å². The van der Waals surface area contributed by atoms with E-state index < -0.39 is 80.6 Å². The molecular formula is C24H40O12. The van der Waals surface area contributed by atoms with E-state index in [1.165, 1.54) is 0 Å². The molecule has 2 aliphatic rings. The molecule has 2 rings (SSSR count). The lowest BCUT2D eigenvalue weighted by Crippen LogP contribution is -2.63. The molecule has 0 radical (unpaired) electrons. The maximum atomic E-state index is 12.1. The number of hydrogen-bond donors (Lipinski definition) is 7. The van der Waals surface area contributed by atoms with Gasteiger partial charge in [-0.2, -0.15) is 0 Å². The second-order valence-electron chi connectivity index (χ2n) is 9.21. The fourth-order valence-electron chi connectivity index (χ4n) is 4.11. The summed E-state index contributed by atoms with van der Waals surface area (Å²) >= 11 is 0. The molecule has 2 saturated heterocycles. The van der Waals surface area contributed by atoms with Crippen molar-refractivity contribution >= 4 is 5.97 Å². The summed E-state index contributed by atoms with van der Waals surface area (Å²) in [5, 5.41) is 69.8. The largest absolute Gasteiger partial charge is 0.463 e. The van der Waals surface area contributed by atoms with E-state index in [0.717, 1.165) is 44.9 Å². The van der Waals surface area contributed by atoms with Gasteiger partial charge in [-0.25, -0.2) is 0 Å². The molecule has 2 fully saturated rings. The van der Waals surface area contributed by atoms with E-state index in [1.54, 1.807) is 0 Å². The molecule has 0 spiro atoms. The number of esters is 1. The Hall–Kier alpha value is -1.37. The Balaban J connectivity index is 1.76. The average Bonchev–Trinajstić information content (AvgIpc) is 2.87. The highest BCUT2D eigenvalue weighted by atomic mass is 16.8.